The first-order valence-corrected chi connectivity index (χ1v) is 6.83. The van der Waals surface area contributed by atoms with E-state index in [1.165, 1.54) is 11.3 Å². The fraction of sp³-hybridized carbons (Fsp3) is 0.692. The van der Waals surface area contributed by atoms with Crippen molar-refractivity contribution in [1.82, 2.24) is 0 Å². The third kappa shape index (κ3) is 1.54. The molecule has 90 valence electrons. The van der Waals surface area contributed by atoms with Crippen LogP contribution in [-0.2, 0) is 0 Å². The van der Waals surface area contributed by atoms with Gasteiger partial charge in [0.25, 0.3) is 0 Å². The molecule has 1 nitrogen and oxygen atoms in total. The SMILES string of the molecule is Cc1cc(C(O)C2C(C)(C)C2(C)C)sc1Cl. The lowest BCUT2D eigenvalue weighted by Gasteiger charge is -2.10. The predicted molar refractivity (Wildman–Crippen MR) is 70.1 cm³/mol. The van der Waals surface area contributed by atoms with Crippen molar-refractivity contribution in [2.45, 2.75) is 40.7 Å². The Morgan fingerprint density at radius 2 is 1.81 bits per heavy atom. The first kappa shape index (κ1) is 12.4. The normalized spacial score (nSPS) is 24.4. The van der Waals surface area contributed by atoms with Gasteiger partial charge in [-0.25, -0.2) is 0 Å². The highest BCUT2D eigenvalue weighted by Gasteiger charge is 2.67. The second-order valence-corrected chi connectivity index (χ2v) is 7.66. The highest BCUT2D eigenvalue weighted by Crippen LogP contribution is 2.72. The van der Waals surface area contributed by atoms with Crippen LogP contribution < -0.4 is 0 Å². The van der Waals surface area contributed by atoms with E-state index in [0.29, 0.717) is 5.92 Å². The Kier molecular flexibility index (Phi) is 2.69. The number of thiophene rings is 1. The standard InChI is InChI=1S/C13H19ClOS/c1-7-6-8(16-11(7)14)9(15)10-12(2,3)13(10,4)5/h6,9-10,15H,1-5H3. The van der Waals surface area contributed by atoms with E-state index in [0.717, 1.165) is 14.8 Å². The van der Waals surface area contributed by atoms with Crippen molar-refractivity contribution in [2.24, 2.45) is 16.7 Å². The smallest absolute Gasteiger partial charge is 0.0961 e. The Labute approximate surface area is 106 Å². The summed E-state index contributed by atoms with van der Waals surface area (Å²) in [5.74, 6) is 0.328. The monoisotopic (exact) mass is 258 g/mol. The molecule has 1 atom stereocenters. The molecule has 0 spiro atoms. The van der Waals surface area contributed by atoms with Gasteiger partial charge in [-0.1, -0.05) is 39.3 Å². The van der Waals surface area contributed by atoms with Crippen LogP contribution in [0.25, 0.3) is 0 Å². The lowest BCUT2D eigenvalue weighted by atomic mass is 10.0. The van der Waals surface area contributed by atoms with Gasteiger partial charge in [0.15, 0.2) is 0 Å². The van der Waals surface area contributed by atoms with Gasteiger partial charge in [0.2, 0.25) is 0 Å². The fourth-order valence-electron chi connectivity index (χ4n) is 2.83. The van der Waals surface area contributed by atoms with Crippen molar-refractivity contribution in [2.75, 3.05) is 0 Å². The predicted octanol–water partition coefficient (Wildman–Crippen LogP) is 4.43. The van der Waals surface area contributed by atoms with E-state index in [1.807, 2.05) is 13.0 Å². The van der Waals surface area contributed by atoms with E-state index in [4.69, 9.17) is 11.6 Å². The summed E-state index contributed by atoms with van der Waals surface area (Å²) < 4.78 is 0.797. The summed E-state index contributed by atoms with van der Waals surface area (Å²) in [7, 11) is 0. The van der Waals surface area contributed by atoms with Gasteiger partial charge in [-0.2, -0.15) is 0 Å². The second kappa shape index (κ2) is 3.47. The van der Waals surface area contributed by atoms with E-state index in [-0.39, 0.29) is 16.9 Å². The lowest BCUT2D eigenvalue weighted by Crippen LogP contribution is -2.03. The molecule has 1 saturated carbocycles. The quantitative estimate of drug-likeness (QED) is 0.832. The Bertz CT molecular complexity index is 386. The lowest BCUT2D eigenvalue weighted by molar-refractivity contribution is 0.134. The van der Waals surface area contributed by atoms with Crippen LogP contribution in [0.1, 0.15) is 44.2 Å². The average Bonchev–Trinajstić information content (AvgIpc) is 2.39. The van der Waals surface area contributed by atoms with Crippen LogP contribution >= 0.6 is 22.9 Å². The third-order valence-corrected chi connectivity index (χ3v) is 6.24. The van der Waals surface area contributed by atoms with E-state index < -0.39 is 0 Å². The third-order valence-electron chi connectivity index (χ3n) is 4.62. The number of aliphatic hydroxyl groups excluding tert-OH is 1. The van der Waals surface area contributed by atoms with E-state index >= 15 is 0 Å². The fourth-order valence-corrected chi connectivity index (χ4v) is 4.07. The van der Waals surface area contributed by atoms with Gasteiger partial charge in [-0.15, -0.1) is 11.3 Å². The number of aryl methyl sites for hydroxylation is 1. The maximum absolute atomic E-state index is 10.4. The van der Waals surface area contributed by atoms with Crippen molar-refractivity contribution in [3.05, 3.63) is 20.8 Å². The number of hydrogen-bond acceptors (Lipinski definition) is 2. The zero-order valence-corrected chi connectivity index (χ0v) is 12.0. The zero-order chi connectivity index (χ0) is 12.3. The second-order valence-electron chi connectivity index (χ2n) is 5.97. The zero-order valence-electron chi connectivity index (χ0n) is 10.5. The molecule has 1 unspecified atom stereocenters. The molecule has 1 aliphatic rings. The van der Waals surface area contributed by atoms with Crippen molar-refractivity contribution in [3.63, 3.8) is 0 Å². The summed E-state index contributed by atoms with van der Waals surface area (Å²) in [6.45, 7) is 10.9. The molecule has 1 aliphatic carbocycles. The molecule has 0 amide bonds. The Morgan fingerprint density at radius 1 is 1.31 bits per heavy atom. The van der Waals surface area contributed by atoms with E-state index in [2.05, 4.69) is 27.7 Å². The van der Waals surface area contributed by atoms with Crippen LogP contribution in [0.4, 0.5) is 0 Å². The summed E-state index contributed by atoms with van der Waals surface area (Å²) in [5, 5.41) is 10.4. The van der Waals surface area contributed by atoms with Crippen LogP contribution in [0, 0.1) is 23.7 Å². The van der Waals surface area contributed by atoms with Gasteiger partial charge in [-0.05, 0) is 29.4 Å². The number of hydrogen-bond donors (Lipinski definition) is 1. The van der Waals surface area contributed by atoms with Gasteiger partial charge in [0, 0.05) is 10.8 Å². The summed E-state index contributed by atoms with van der Waals surface area (Å²) in [6.07, 6.45) is -0.374. The summed E-state index contributed by atoms with van der Waals surface area (Å²) in [4.78, 5) is 1.01. The van der Waals surface area contributed by atoms with Gasteiger partial charge in [-0.3, -0.25) is 0 Å². The first-order chi connectivity index (χ1) is 7.19. The van der Waals surface area contributed by atoms with Crippen molar-refractivity contribution in [1.29, 1.82) is 0 Å². The molecular weight excluding hydrogens is 240 g/mol. The van der Waals surface area contributed by atoms with Gasteiger partial charge in [0.1, 0.15) is 0 Å². The Hall–Kier alpha value is -0.0500. The van der Waals surface area contributed by atoms with Crippen LogP contribution in [0.5, 0.6) is 0 Å². The average molecular weight is 259 g/mol. The largest absolute Gasteiger partial charge is 0.387 e. The molecule has 1 aromatic rings. The summed E-state index contributed by atoms with van der Waals surface area (Å²) in [5.41, 5.74) is 1.48. The molecule has 0 bridgehead atoms. The molecule has 1 heterocycles. The number of aliphatic hydroxyl groups is 1. The molecule has 0 aliphatic heterocycles. The topological polar surface area (TPSA) is 20.2 Å². The molecule has 0 aromatic carbocycles. The first-order valence-electron chi connectivity index (χ1n) is 5.63. The Balaban J connectivity index is 2.25. The minimum Gasteiger partial charge on any atom is -0.387 e. The molecule has 1 fully saturated rings. The van der Waals surface area contributed by atoms with Crippen molar-refractivity contribution >= 4 is 22.9 Å². The number of rotatable bonds is 2. The molecule has 3 heteroatoms. The van der Waals surface area contributed by atoms with Crippen molar-refractivity contribution < 1.29 is 5.11 Å². The molecule has 0 radical (unpaired) electrons. The summed E-state index contributed by atoms with van der Waals surface area (Å²) in [6, 6.07) is 2.02. The van der Waals surface area contributed by atoms with Gasteiger partial charge in [0.05, 0.1) is 10.4 Å². The van der Waals surface area contributed by atoms with Crippen LogP contribution in [0.3, 0.4) is 0 Å². The molecule has 1 aromatic heterocycles. The summed E-state index contributed by atoms with van der Waals surface area (Å²) >= 11 is 7.56. The molecule has 1 N–H and O–H groups in total. The van der Waals surface area contributed by atoms with Gasteiger partial charge >= 0.3 is 0 Å². The molecule has 2 rings (SSSR count). The minimum atomic E-state index is -0.374. The maximum Gasteiger partial charge on any atom is 0.0961 e. The number of halogens is 1. The molecule has 0 saturated heterocycles. The van der Waals surface area contributed by atoms with E-state index in [9.17, 15) is 5.11 Å². The van der Waals surface area contributed by atoms with Crippen LogP contribution in [0.15, 0.2) is 6.07 Å². The van der Waals surface area contributed by atoms with Crippen LogP contribution in [-0.4, -0.2) is 5.11 Å². The van der Waals surface area contributed by atoms with Gasteiger partial charge < -0.3 is 5.11 Å². The highest BCUT2D eigenvalue weighted by atomic mass is 35.5. The van der Waals surface area contributed by atoms with Crippen LogP contribution in [0.2, 0.25) is 4.34 Å². The molecule has 16 heavy (non-hydrogen) atoms. The Morgan fingerprint density at radius 3 is 2.12 bits per heavy atom. The highest BCUT2D eigenvalue weighted by molar-refractivity contribution is 7.16. The minimum absolute atomic E-state index is 0.205. The van der Waals surface area contributed by atoms with Crippen molar-refractivity contribution in [3.8, 4) is 0 Å². The van der Waals surface area contributed by atoms with E-state index in [1.54, 1.807) is 0 Å². The maximum atomic E-state index is 10.4. The molecular formula is C13H19ClOS.